The van der Waals surface area contributed by atoms with Crippen LogP contribution in [0.1, 0.15) is 18.2 Å². The summed E-state index contributed by atoms with van der Waals surface area (Å²) in [5.74, 6) is 0.0254. The summed E-state index contributed by atoms with van der Waals surface area (Å²) in [7, 11) is 0. The number of carbonyl (C=O) groups is 1. The first-order valence-electron chi connectivity index (χ1n) is 8.73. The third kappa shape index (κ3) is 3.15. The lowest BCUT2D eigenvalue weighted by atomic mass is 9.97. The Labute approximate surface area is 147 Å². The Balaban J connectivity index is 1.63. The van der Waals surface area contributed by atoms with Gasteiger partial charge in [0.2, 0.25) is 5.91 Å². The highest BCUT2D eigenvalue weighted by Gasteiger charge is 2.23. The van der Waals surface area contributed by atoms with E-state index in [4.69, 9.17) is 0 Å². The number of nitrogens with one attached hydrogen (secondary N) is 2. The first-order chi connectivity index (χ1) is 12.2. The highest BCUT2D eigenvalue weighted by molar-refractivity contribution is 5.96. The van der Waals surface area contributed by atoms with Gasteiger partial charge in [-0.2, -0.15) is 5.10 Å². The number of hydrogen-bond donors (Lipinski definition) is 2. The van der Waals surface area contributed by atoms with Gasteiger partial charge in [0.05, 0.1) is 5.69 Å². The Hall–Kier alpha value is -2.66. The van der Waals surface area contributed by atoms with Crippen molar-refractivity contribution in [1.29, 1.82) is 0 Å². The lowest BCUT2D eigenvalue weighted by molar-refractivity contribution is -0.119. The maximum absolute atomic E-state index is 11.1. The van der Waals surface area contributed by atoms with Crippen LogP contribution in [-0.4, -0.2) is 40.6 Å². The quantitative estimate of drug-likeness (QED) is 0.771. The number of aromatic amines is 1. The summed E-state index contributed by atoms with van der Waals surface area (Å²) in [6.45, 7) is 4.96. The summed E-state index contributed by atoms with van der Waals surface area (Å²) in [6.07, 6.45) is 0.965. The average molecular weight is 334 g/mol. The summed E-state index contributed by atoms with van der Waals surface area (Å²) in [5.41, 5.74) is 4.75. The fourth-order valence-corrected chi connectivity index (χ4v) is 3.59. The van der Waals surface area contributed by atoms with Crippen LogP contribution in [0.25, 0.3) is 22.0 Å². The summed E-state index contributed by atoms with van der Waals surface area (Å²) >= 11 is 0. The molecule has 0 radical (unpaired) electrons. The van der Waals surface area contributed by atoms with Crippen molar-refractivity contribution in [3.05, 3.63) is 53.7 Å². The molecule has 0 spiro atoms. The Kier molecular flexibility index (Phi) is 4.24. The van der Waals surface area contributed by atoms with Crippen LogP contribution < -0.4 is 5.32 Å². The molecule has 128 valence electrons. The number of carbonyl (C=O) groups excluding carboxylic acids is 1. The number of benzene rings is 2. The Morgan fingerprint density at radius 3 is 2.96 bits per heavy atom. The summed E-state index contributed by atoms with van der Waals surface area (Å²) in [5, 5.41) is 13.2. The summed E-state index contributed by atoms with van der Waals surface area (Å²) in [4.78, 5) is 13.4. The Morgan fingerprint density at radius 1 is 1.24 bits per heavy atom. The number of aromatic nitrogens is 2. The van der Waals surface area contributed by atoms with Crippen LogP contribution in [0, 0.1) is 0 Å². The minimum atomic E-state index is 0.0254. The highest BCUT2D eigenvalue weighted by atomic mass is 16.1. The van der Waals surface area contributed by atoms with Gasteiger partial charge in [-0.25, -0.2) is 0 Å². The van der Waals surface area contributed by atoms with Crippen molar-refractivity contribution in [1.82, 2.24) is 20.4 Å². The van der Waals surface area contributed by atoms with Crippen LogP contribution >= 0.6 is 0 Å². The average Bonchev–Trinajstić information content (AvgIpc) is 3.04. The molecular formula is C20H22N4O. The van der Waals surface area contributed by atoms with E-state index in [2.05, 4.69) is 62.9 Å². The largest absolute Gasteiger partial charge is 0.355 e. The van der Waals surface area contributed by atoms with Crippen molar-refractivity contribution < 1.29 is 4.79 Å². The van der Waals surface area contributed by atoms with Crippen molar-refractivity contribution in [2.24, 2.45) is 0 Å². The summed E-state index contributed by atoms with van der Waals surface area (Å²) < 4.78 is 0. The maximum atomic E-state index is 11.1. The van der Waals surface area contributed by atoms with Crippen molar-refractivity contribution in [3.8, 4) is 11.3 Å². The van der Waals surface area contributed by atoms with E-state index in [1.807, 2.05) is 0 Å². The van der Waals surface area contributed by atoms with E-state index >= 15 is 0 Å². The van der Waals surface area contributed by atoms with Gasteiger partial charge in [-0.3, -0.25) is 14.8 Å². The SMILES string of the molecule is CC(=O)NCCN1CCc2[nH]nc(-c3cccc4ccccc34)c2C1. The van der Waals surface area contributed by atoms with E-state index in [1.54, 1.807) is 6.92 Å². The molecule has 1 aliphatic rings. The minimum absolute atomic E-state index is 0.0254. The first-order valence-corrected chi connectivity index (χ1v) is 8.73. The molecule has 2 N–H and O–H groups in total. The number of fused-ring (bicyclic) bond motifs is 2. The molecule has 0 aliphatic carbocycles. The zero-order valence-corrected chi connectivity index (χ0v) is 14.4. The van der Waals surface area contributed by atoms with Gasteiger partial charge in [-0.05, 0) is 10.8 Å². The number of hydrogen-bond acceptors (Lipinski definition) is 3. The molecule has 1 aromatic heterocycles. The molecule has 0 unspecified atom stereocenters. The second-order valence-electron chi connectivity index (χ2n) is 6.57. The molecule has 5 heteroatoms. The molecule has 5 nitrogen and oxygen atoms in total. The van der Waals surface area contributed by atoms with Crippen molar-refractivity contribution >= 4 is 16.7 Å². The van der Waals surface area contributed by atoms with Gasteiger partial charge >= 0.3 is 0 Å². The molecule has 4 rings (SSSR count). The van der Waals surface area contributed by atoms with Crippen molar-refractivity contribution in [3.63, 3.8) is 0 Å². The van der Waals surface area contributed by atoms with Gasteiger partial charge in [0.15, 0.2) is 0 Å². The Morgan fingerprint density at radius 2 is 2.08 bits per heavy atom. The van der Waals surface area contributed by atoms with Gasteiger partial charge < -0.3 is 5.32 Å². The lowest BCUT2D eigenvalue weighted by Gasteiger charge is -2.27. The zero-order chi connectivity index (χ0) is 17.2. The van der Waals surface area contributed by atoms with Crippen LogP contribution in [0.15, 0.2) is 42.5 Å². The van der Waals surface area contributed by atoms with Crippen LogP contribution in [-0.2, 0) is 17.8 Å². The number of H-pyrrole nitrogens is 1. The smallest absolute Gasteiger partial charge is 0.216 e. The zero-order valence-electron chi connectivity index (χ0n) is 14.4. The third-order valence-electron chi connectivity index (χ3n) is 4.86. The number of amides is 1. The highest BCUT2D eigenvalue weighted by Crippen LogP contribution is 2.33. The lowest BCUT2D eigenvalue weighted by Crippen LogP contribution is -2.37. The maximum Gasteiger partial charge on any atom is 0.216 e. The molecule has 0 fully saturated rings. The van der Waals surface area contributed by atoms with E-state index in [0.717, 1.165) is 31.7 Å². The fourth-order valence-electron chi connectivity index (χ4n) is 3.59. The minimum Gasteiger partial charge on any atom is -0.355 e. The van der Waals surface area contributed by atoms with Crippen LogP contribution in [0.2, 0.25) is 0 Å². The van der Waals surface area contributed by atoms with Crippen LogP contribution in [0.5, 0.6) is 0 Å². The van der Waals surface area contributed by atoms with E-state index in [9.17, 15) is 4.79 Å². The van der Waals surface area contributed by atoms with Gasteiger partial charge in [0.25, 0.3) is 0 Å². The normalized spacial score (nSPS) is 14.4. The second-order valence-corrected chi connectivity index (χ2v) is 6.57. The molecule has 2 heterocycles. The molecule has 0 saturated heterocycles. The standard InChI is InChI=1S/C20H22N4O/c1-14(25)21-10-12-24-11-9-19-18(13-24)20(23-22-19)17-8-4-6-15-5-2-3-7-16(15)17/h2-8H,9-13H2,1H3,(H,21,25)(H,22,23). The molecule has 0 bridgehead atoms. The predicted octanol–water partition coefficient (Wildman–Crippen LogP) is 2.72. The topological polar surface area (TPSA) is 61.0 Å². The van der Waals surface area contributed by atoms with Gasteiger partial charge in [-0.15, -0.1) is 0 Å². The van der Waals surface area contributed by atoms with Gasteiger partial charge in [-0.1, -0.05) is 42.5 Å². The molecule has 0 saturated carbocycles. The van der Waals surface area contributed by atoms with E-state index in [0.29, 0.717) is 6.54 Å². The van der Waals surface area contributed by atoms with E-state index in [-0.39, 0.29) is 5.91 Å². The monoisotopic (exact) mass is 334 g/mol. The second kappa shape index (κ2) is 6.69. The number of nitrogens with zero attached hydrogens (tertiary/aromatic N) is 2. The molecule has 1 amide bonds. The first kappa shape index (κ1) is 15.8. The Bertz CT molecular complexity index is 910. The van der Waals surface area contributed by atoms with E-state index in [1.165, 1.54) is 27.6 Å². The molecule has 2 aromatic carbocycles. The third-order valence-corrected chi connectivity index (χ3v) is 4.86. The van der Waals surface area contributed by atoms with Crippen molar-refractivity contribution in [2.45, 2.75) is 19.9 Å². The van der Waals surface area contributed by atoms with Crippen molar-refractivity contribution in [2.75, 3.05) is 19.6 Å². The molecule has 3 aromatic rings. The molecule has 0 atom stereocenters. The molecule has 1 aliphatic heterocycles. The van der Waals surface area contributed by atoms with Crippen LogP contribution in [0.3, 0.4) is 0 Å². The van der Waals surface area contributed by atoms with E-state index < -0.39 is 0 Å². The van der Waals surface area contributed by atoms with Gasteiger partial charge in [0, 0.05) is 56.3 Å². The fraction of sp³-hybridized carbons (Fsp3) is 0.300. The summed E-state index contributed by atoms with van der Waals surface area (Å²) in [6, 6.07) is 14.8. The van der Waals surface area contributed by atoms with Crippen LogP contribution in [0.4, 0.5) is 0 Å². The van der Waals surface area contributed by atoms with Gasteiger partial charge in [0.1, 0.15) is 0 Å². The molecule has 25 heavy (non-hydrogen) atoms. The molecular weight excluding hydrogens is 312 g/mol. The predicted molar refractivity (Wildman–Crippen MR) is 99.2 cm³/mol. The number of rotatable bonds is 4.